The van der Waals surface area contributed by atoms with Gasteiger partial charge in [-0.25, -0.2) is 4.39 Å². The van der Waals surface area contributed by atoms with E-state index in [4.69, 9.17) is 0 Å². The summed E-state index contributed by atoms with van der Waals surface area (Å²) < 4.78 is 12.6. The molecule has 0 saturated heterocycles. The number of hydrogen-bond acceptors (Lipinski definition) is 0. The molecular formula is C11H15FSi. The first-order valence-corrected chi connectivity index (χ1v) is 7.44. The van der Waals surface area contributed by atoms with Gasteiger partial charge in [0.25, 0.3) is 0 Å². The summed E-state index contributed by atoms with van der Waals surface area (Å²) in [6.45, 7) is 4.00. The van der Waals surface area contributed by atoms with E-state index in [0.29, 0.717) is 0 Å². The summed E-state index contributed by atoms with van der Waals surface area (Å²) in [5.74, 6) is 0. The average molecular weight is 194 g/mol. The fourth-order valence-electron chi connectivity index (χ4n) is 1.12. The number of rotatable bonds is 3. The molecule has 0 aliphatic rings. The lowest BCUT2D eigenvalue weighted by Crippen LogP contribution is -2.07. The maximum atomic E-state index is 12.6. The minimum absolute atomic E-state index is 0.293. The maximum absolute atomic E-state index is 12.6. The smallest absolute Gasteiger partial charge is 0.107 e. The normalized spacial score (nSPS) is 12.2. The van der Waals surface area contributed by atoms with Gasteiger partial charge >= 0.3 is 0 Å². The van der Waals surface area contributed by atoms with Crippen LogP contribution in [0, 0.1) is 0 Å². The molecule has 0 saturated carbocycles. The highest BCUT2D eigenvalue weighted by atomic mass is 28.3. The van der Waals surface area contributed by atoms with Gasteiger partial charge in [-0.15, -0.1) is 0 Å². The van der Waals surface area contributed by atoms with Crippen molar-refractivity contribution in [3.05, 3.63) is 41.1 Å². The van der Waals surface area contributed by atoms with Gasteiger partial charge in [0.1, 0.15) is 6.67 Å². The van der Waals surface area contributed by atoms with Crippen LogP contribution < -0.4 is 0 Å². The molecule has 70 valence electrons. The molecule has 0 aromatic heterocycles. The van der Waals surface area contributed by atoms with Crippen LogP contribution in [0.4, 0.5) is 4.39 Å². The van der Waals surface area contributed by atoms with Crippen LogP contribution in [0.5, 0.6) is 0 Å². The average Bonchev–Trinajstić information content (AvgIpc) is 2.15. The molecular weight excluding hydrogens is 179 g/mol. The summed E-state index contributed by atoms with van der Waals surface area (Å²) in [4.78, 5) is 0. The number of allylic oxidation sites excluding steroid dienone is 1. The summed E-state index contributed by atoms with van der Waals surface area (Å²) in [5, 5.41) is 0.992. The molecule has 0 nitrogen and oxygen atoms in total. The first-order valence-electron chi connectivity index (χ1n) is 4.55. The van der Waals surface area contributed by atoms with Gasteiger partial charge in [0, 0.05) is 0 Å². The highest BCUT2D eigenvalue weighted by Gasteiger charge is 2.03. The Morgan fingerprint density at radius 3 is 2.38 bits per heavy atom. The predicted molar refractivity (Wildman–Crippen MR) is 59.3 cm³/mol. The lowest BCUT2D eigenvalue weighted by molar-refractivity contribution is 0.556. The van der Waals surface area contributed by atoms with Crippen LogP contribution in [0.1, 0.15) is 5.56 Å². The van der Waals surface area contributed by atoms with E-state index < -0.39 is 8.80 Å². The monoisotopic (exact) mass is 194 g/mol. The zero-order chi connectivity index (χ0) is 9.68. The van der Waals surface area contributed by atoms with Crippen LogP contribution in [0.3, 0.4) is 0 Å². The fraction of sp³-hybridized carbons (Fsp3) is 0.273. The van der Waals surface area contributed by atoms with Crippen molar-refractivity contribution in [3.8, 4) is 0 Å². The van der Waals surface area contributed by atoms with E-state index in [9.17, 15) is 4.39 Å². The lowest BCUT2D eigenvalue weighted by Gasteiger charge is -2.05. The predicted octanol–water partition coefficient (Wildman–Crippen LogP) is 3.07. The van der Waals surface area contributed by atoms with Gasteiger partial charge in [-0.3, -0.25) is 0 Å². The second-order valence-corrected chi connectivity index (χ2v) is 6.47. The van der Waals surface area contributed by atoms with Crippen molar-refractivity contribution < 1.29 is 4.39 Å². The highest BCUT2D eigenvalue weighted by molar-refractivity contribution is 6.65. The molecule has 0 aliphatic heterocycles. The number of halogens is 1. The van der Waals surface area contributed by atoms with Crippen molar-refractivity contribution >= 4 is 14.9 Å². The zero-order valence-electron chi connectivity index (χ0n) is 8.13. The summed E-state index contributed by atoms with van der Waals surface area (Å²) in [6.07, 6.45) is 1.98. The number of alkyl halides is 1. The minimum atomic E-state index is -0.969. The van der Waals surface area contributed by atoms with Crippen molar-refractivity contribution in [2.75, 3.05) is 6.67 Å². The van der Waals surface area contributed by atoms with Crippen LogP contribution in [-0.2, 0) is 0 Å². The SMILES string of the molecule is C[SiH](C)C(=Cc1ccccc1)CF. The lowest BCUT2D eigenvalue weighted by atomic mass is 10.2. The second-order valence-electron chi connectivity index (χ2n) is 3.42. The maximum Gasteiger partial charge on any atom is 0.107 e. The third kappa shape index (κ3) is 3.15. The third-order valence-electron chi connectivity index (χ3n) is 2.05. The molecule has 0 spiro atoms. The van der Waals surface area contributed by atoms with Crippen molar-refractivity contribution in [3.63, 3.8) is 0 Å². The standard InChI is InChI=1S/C11H15FSi/c1-13(2)11(9-12)8-10-6-4-3-5-7-10/h3-8,13H,9H2,1-2H3. The van der Waals surface area contributed by atoms with Gasteiger partial charge in [-0.05, 0) is 5.56 Å². The van der Waals surface area contributed by atoms with E-state index in [-0.39, 0.29) is 6.67 Å². The summed E-state index contributed by atoms with van der Waals surface area (Å²) >= 11 is 0. The molecule has 1 aromatic rings. The van der Waals surface area contributed by atoms with Gasteiger partial charge in [0.15, 0.2) is 0 Å². The summed E-state index contributed by atoms with van der Waals surface area (Å²) in [6, 6.07) is 9.94. The molecule has 0 aliphatic carbocycles. The third-order valence-corrected chi connectivity index (χ3v) is 3.85. The molecule has 1 aromatic carbocycles. The molecule has 0 heterocycles. The second kappa shape index (κ2) is 4.97. The van der Waals surface area contributed by atoms with E-state index in [2.05, 4.69) is 13.1 Å². The Kier molecular flexibility index (Phi) is 3.90. The van der Waals surface area contributed by atoms with E-state index in [1.165, 1.54) is 0 Å². The van der Waals surface area contributed by atoms with Crippen LogP contribution in [-0.4, -0.2) is 15.5 Å². The largest absolute Gasteiger partial charge is 0.247 e. The Morgan fingerprint density at radius 2 is 1.92 bits per heavy atom. The van der Waals surface area contributed by atoms with Crippen LogP contribution in [0.2, 0.25) is 13.1 Å². The molecule has 0 unspecified atom stereocenters. The molecule has 0 fully saturated rings. The minimum Gasteiger partial charge on any atom is -0.247 e. The first-order chi connectivity index (χ1) is 6.24. The van der Waals surface area contributed by atoms with Crippen molar-refractivity contribution in [1.29, 1.82) is 0 Å². The Labute approximate surface area is 80.7 Å². The van der Waals surface area contributed by atoms with E-state index in [0.717, 1.165) is 10.8 Å². The molecule has 0 N–H and O–H groups in total. The van der Waals surface area contributed by atoms with Crippen molar-refractivity contribution in [2.24, 2.45) is 0 Å². The molecule has 13 heavy (non-hydrogen) atoms. The topological polar surface area (TPSA) is 0 Å². The highest BCUT2D eigenvalue weighted by Crippen LogP contribution is 2.09. The summed E-state index contributed by atoms with van der Waals surface area (Å²) in [5.41, 5.74) is 1.11. The quantitative estimate of drug-likeness (QED) is 0.649. The Hall–Kier alpha value is -0.893. The Morgan fingerprint density at radius 1 is 1.31 bits per heavy atom. The van der Waals surface area contributed by atoms with Crippen LogP contribution in [0.15, 0.2) is 35.5 Å². The molecule has 0 radical (unpaired) electrons. The van der Waals surface area contributed by atoms with Gasteiger partial charge in [-0.1, -0.05) is 54.7 Å². The molecule has 0 amide bonds. The van der Waals surface area contributed by atoms with Crippen LogP contribution in [0.25, 0.3) is 6.08 Å². The van der Waals surface area contributed by atoms with Crippen LogP contribution >= 0.6 is 0 Å². The Balaban J connectivity index is 2.85. The fourth-order valence-corrected chi connectivity index (χ4v) is 1.96. The van der Waals surface area contributed by atoms with Crippen molar-refractivity contribution in [1.82, 2.24) is 0 Å². The Bertz CT molecular complexity index is 277. The zero-order valence-corrected chi connectivity index (χ0v) is 9.28. The summed E-state index contributed by atoms with van der Waals surface area (Å²) in [7, 11) is -0.969. The molecule has 1 rings (SSSR count). The molecule has 0 bridgehead atoms. The first kappa shape index (κ1) is 10.2. The van der Waals surface area contributed by atoms with Gasteiger partial charge in [0.2, 0.25) is 0 Å². The van der Waals surface area contributed by atoms with E-state index in [1.807, 2.05) is 36.4 Å². The van der Waals surface area contributed by atoms with E-state index in [1.54, 1.807) is 0 Å². The number of benzene rings is 1. The molecule has 0 atom stereocenters. The van der Waals surface area contributed by atoms with Crippen molar-refractivity contribution in [2.45, 2.75) is 13.1 Å². The molecule has 2 heteroatoms. The van der Waals surface area contributed by atoms with E-state index >= 15 is 0 Å². The number of hydrogen-bond donors (Lipinski definition) is 0. The van der Waals surface area contributed by atoms with Gasteiger partial charge in [0.05, 0.1) is 8.80 Å². The van der Waals surface area contributed by atoms with Gasteiger partial charge < -0.3 is 0 Å². The van der Waals surface area contributed by atoms with Gasteiger partial charge in [-0.2, -0.15) is 0 Å².